The number of benzene rings is 1. The van der Waals surface area contributed by atoms with Crippen molar-refractivity contribution < 1.29 is 0 Å². The molecule has 1 heterocycles. The molecule has 0 bridgehead atoms. The van der Waals surface area contributed by atoms with Gasteiger partial charge in [0.15, 0.2) is 0 Å². The van der Waals surface area contributed by atoms with Crippen LogP contribution < -0.4 is 10.6 Å². The van der Waals surface area contributed by atoms with Crippen LogP contribution in [0.15, 0.2) is 18.2 Å². The molecule has 3 rings (SSSR count). The van der Waals surface area contributed by atoms with Gasteiger partial charge in [0, 0.05) is 18.6 Å². The van der Waals surface area contributed by atoms with Crippen LogP contribution in [0.2, 0.25) is 5.02 Å². The molecule has 2 nitrogen and oxygen atoms in total. The van der Waals surface area contributed by atoms with Crippen molar-refractivity contribution in [1.82, 2.24) is 0 Å². The van der Waals surface area contributed by atoms with Gasteiger partial charge in [0.25, 0.3) is 0 Å². The first-order valence-electron chi connectivity index (χ1n) is 7.98. The quantitative estimate of drug-likeness (QED) is 0.887. The number of halogens is 1. The molecule has 0 radical (unpaired) electrons. The molecule has 1 aliphatic heterocycles. The Morgan fingerprint density at radius 1 is 1.20 bits per heavy atom. The molecule has 20 heavy (non-hydrogen) atoms. The molecule has 110 valence electrons. The van der Waals surface area contributed by atoms with Crippen molar-refractivity contribution in [2.45, 2.75) is 57.5 Å². The SMILES string of the molecule is C[C@@H](N)c1ccc(N2CCCC2C2CCCC2)c(Cl)c1. The molecule has 1 aliphatic carbocycles. The maximum absolute atomic E-state index is 6.53. The number of hydrogen-bond donors (Lipinski definition) is 1. The molecule has 2 fully saturated rings. The molecular weight excluding hydrogens is 268 g/mol. The summed E-state index contributed by atoms with van der Waals surface area (Å²) in [5, 5.41) is 0.865. The lowest BCUT2D eigenvalue weighted by atomic mass is 9.95. The van der Waals surface area contributed by atoms with Crippen molar-refractivity contribution in [1.29, 1.82) is 0 Å². The molecule has 0 aromatic heterocycles. The lowest BCUT2D eigenvalue weighted by molar-refractivity contribution is 0.431. The molecular formula is C17H25ClN2. The number of anilines is 1. The predicted octanol–water partition coefficient (Wildman–Crippen LogP) is 4.52. The van der Waals surface area contributed by atoms with Gasteiger partial charge in [0.05, 0.1) is 10.7 Å². The summed E-state index contributed by atoms with van der Waals surface area (Å²) in [4.78, 5) is 2.56. The van der Waals surface area contributed by atoms with Crippen LogP contribution in [0.1, 0.15) is 57.1 Å². The third kappa shape index (κ3) is 2.68. The molecule has 0 amide bonds. The zero-order valence-corrected chi connectivity index (χ0v) is 13.1. The van der Waals surface area contributed by atoms with Crippen molar-refractivity contribution in [3.8, 4) is 0 Å². The van der Waals surface area contributed by atoms with Crippen molar-refractivity contribution in [2.75, 3.05) is 11.4 Å². The van der Waals surface area contributed by atoms with Crippen molar-refractivity contribution >= 4 is 17.3 Å². The van der Waals surface area contributed by atoms with E-state index in [1.807, 2.05) is 13.0 Å². The smallest absolute Gasteiger partial charge is 0.0642 e. The van der Waals surface area contributed by atoms with Crippen LogP contribution in [0.25, 0.3) is 0 Å². The van der Waals surface area contributed by atoms with E-state index in [2.05, 4.69) is 17.0 Å². The minimum absolute atomic E-state index is 0.0470. The van der Waals surface area contributed by atoms with Gasteiger partial charge in [-0.25, -0.2) is 0 Å². The van der Waals surface area contributed by atoms with E-state index in [0.717, 1.165) is 23.0 Å². The topological polar surface area (TPSA) is 29.3 Å². The highest BCUT2D eigenvalue weighted by Crippen LogP contribution is 2.40. The Bertz CT molecular complexity index is 466. The van der Waals surface area contributed by atoms with Gasteiger partial charge >= 0.3 is 0 Å². The van der Waals surface area contributed by atoms with Gasteiger partial charge in [-0.1, -0.05) is 30.5 Å². The van der Waals surface area contributed by atoms with Crippen LogP contribution in [0, 0.1) is 5.92 Å². The van der Waals surface area contributed by atoms with Gasteiger partial charge in [0.1, 0.15) is 0 Å². The van der Waals surface area contributed by atoms with E-state index in [-0.39, 0.29) is 6.04 Å². The maximum atomic E-state index is 6.53. The van der Waals surface area contributed by atoms with Crippen LogP contribution in [0.5, 0.6) is 0 Å². The Hall–Kier alpha value is -0.730. The molecule has 1 aromatic carbocycles. The van der Waals surface area contributed by atoms with E-state index in [9.17, 15) is 0 Å². The van der Waals surface area contributed by atoms with Crippen molar-refractivity contribution in [2.24, 2.45) is 11.7 Å². The fourth-order valence-corrected chi connectivity index (χ4v) is 4.26. The molecule has 2 aliphatic rings. The highest BCUT2D eigenvalue weighted by molar-refractivity contribution is 6.33. The largest absolute Gasteiger partial charge is 0.367 e. The van der Waals surface area contributed by atoms with E-state index < -0.39 is 0 Å². The van der Waals surface area contributed by atoms with E-state index in [1.165, 1.54) is 44.2 Å². The number of rotatable bonds is 3. The van der Waals surface area contributed by atoms with Crippen LogP contribution in [-0.2, 0) is 0 Å². The second kappa shape index (κ2) is 5.95. The Kier molecular flexibility index (Phi) is 4.23. The minimum Gasteiger partial charge on any atom is -0.367 e. The van der Waals surface area contributed by atoms with Crippen LogP contribution in [0.3, 0.4) is 0 Å². The second-order valence-corrected chi connectivity index (χ2v) is 6.85. The van der Waals surface area contributed by atoms with Gasteiger partial charge in [-0.3, -0.25) is 0 Å². The molecule has 2 N–H and O–H groups in total. The van der Waals surface area contributed by atoms with E-state index >= 15 is 0 Å². The molecule has 2 atom stereocenters. The minimum atomic E-state index is 0.0470. The number of hydrogen-bond acceptors (Lipinski definition) is 2. The molecule has 1 saturated carbocycles. The molecule has 3 heteroatoms. The average Bonchev–Trinajstić information content (AvgIpc) is 3.09. The van der Waals surface area contributed by atoms with Gasteiger partial charge < -0.3 is 10.6 Å². The standard InChI is InChI=1S/C17H25ClN2/c1-12(19)14-8-9-17(15(18)11-14)20-10-4-7-16(20)13-5-2-3-6-13/h8-9,11-13,16H,2-7,10,19H2,1H3/t12-,16?/m1/s1. The van der Waals surface area contributed by atoms with Crippen molar-refractivity contribution in [3.63, 3.8) is 0 Å². The zero-order valence-electron chi connectivity index (χ0n) is 12.3. The predicted molar refractivity (Wildman–Crippen MR) is 86.4 cm³/mol. The summed E-state index contributed by atoms with van der Waals surface area (Å²) in [5.41, 5.74) is 8.27. The third-order valence-corrected chi connectivity index (χ3v) is 5.35. The first-order valence-corrected chi connectivity index (χ1v) is 8.36. The van der Waals surface area contributed by atoms with Gasteiger partial charge in [-0.05, 0) is 56.2 Å². The van der Waals surface area contributed by atoms with Gasteiger partial charge in [-0.15, -0.1) is 0 Å². The maximum Gasteiger partial charge on any atom is 0.0642 e. The lowest BCUT2D eigenvalue weighted by Crippen LogP contribution is -2.34. The highest BCUT2D eigenvalue weighted by atomic mass is 35.5. The second-order valence-electron chi connectivity index (χ2n) is 6.45. The average molecular weight is 293 g/mol. The summed E-state index contributed by atoms with van der Waals surface area (Å²) in [6.07, 6.45) is 8.24. The van der Waals surface area contributed by atoms with E-state index in [0.29, 0.717) is 6.04 Å². The molecule has 1 saturated heterocycles. The van der Waals surface area contributed by atoms with Gasteiger partial charge in [0.2, 0.25) is 0 Å². The van der Waals surface area contributed by atoms with Crippen LogP contribution in [0.4, 0.5) is 5.69 Å². The number of nitrogens with zero attached hydrogens (tertiary/aromatic N) is 1. The first kappa shape index (κ1) is 14.2. The van der Waals surface area contributed by atoms with E-state index in [1.54, 1.807) is 0 Å². The monoisotopic (exact) mass is 292 g/mol. The van der Waals surface area contributed by atoms with Crippen LogP contribution in [-0.4, -0.2) is 12.6 Å². The molecule has 1 aromatic rings. The zero-order chi connectivity index (χ0) is 14.1. The highest BCUT2D eigenvalue weighted by Gasteiger charge is 2.34. The summed E-state index contributed by atoms with van der Waals surface area (Å²) in [7, 11) is 0. The molecule has 1 unspecified atom stereocenters. The third-order valence-electron chi connectivity index (χ3n) is 5.05. The molecule has 0 spiro atoms. The summed E-state index contributed by atoms with van der Waals surface area (Å²) < 4.78 is 0. The van der Waals surface area contributed by atoms with Gasteiger partial charge in [-0.2, -0.15) is 0 Å². The lowest BCUT2D eigenvalue weighted by Gasteiger charge is -2.32. The van der Waals surface area contributed by atoms with Crippen molar-refractivity contribution in [3.05, 3.63) is 28.8 Å². The summed E-state index contributed by atoms with van der Waals surface area (Å²) >= 11 is 6.53. The summed E-state index contributed by atoms with van der Waals surface area (Å²) in [5.74, 6) is 0.877. The fourth-order valence-electron chi connectivity index (χ4n) is 3.96. The normalized spacial score (nSPS) is 25.4. The number of nitrogens with two attached hydrogens (primary N) is 1. The van der Waals surface area contributed by atoms with E-state index in [4.69, 9.17) is 17.3 Å². The summed E-state index contributed by atoms with van der Waals surface area (Å²) in [6.45, 7) is 3.15. The van der Waals surface area contributed by atoms with Crippen LogP contribution >= 0.6 is 11.6 Å². The first-order chi connectivity index (χ1) is 9.66. The Morgan fingerprint density at radius 2 is 1.95 bits per heavy atom. The fraction of sp³-hybridized carbons (Fsp3) is 0.647. The Balaban J connectivity index is 1.83. The Morgan fingerprint density at radius 3 is 2.60 bits per heavy atom. The Labute approximate surface area is 127 Å². The summed E-state index contributed by atoms with van der Waals surface area (Å²) in [6, 6.07) is 7.11.